The number of amides is 3. The van der Waals surface area contributed by atoms with Crippen molar-refractivity contribution >= 4 is 29.1 Å². The molecule has 174 valence electrons. The third-order valence-electron chi connectivity index (χ3n) is 6.28. The first kappa shape index (κ1) is 22.2. The number of fused-ring (bicyclic) bond motifs is 2. The van der Waals surface area contributed by atoms with E-state index in [4.69, 9.17) is 5.73 Å². The van der Waals surface area contributed by atoms with Crippen molar-refractivity contribution < 1.29 is 18.8 Å². The summed E-state index contributed by atoms with van der Waals surface area (Å²) >= 11 is 0. The lowest BCUT2D eigenvalue weighted by Gasteiger charge is -2.33. The van der Waals surface area contributed by atoms with Crippen molar-refractivity contribution in [1.82, 2.24) is 15.2 Å². The van der Waals surface area contributed by atoms with Gasteiger partial charge in [-0.2, -0.15) is 0 Å². The molecular formula is C27H21FN4O3. The van der Waals surface area contributed by atoms with E-state index in [1.807, 2.05) is 42.5 Å². The monoisotopic (exact) mass is 468 g/mol. The second-order valence-electron chi connectivity index (χ2n) is 8.50. The molecule has 0 saturated heterocycles. The Balaban J connectivity index is 1.50. The lowest BCUT2D eigenvalue weighted by Crippen LogP contribution is -2.56. The number of primary amides is 1. The van der Waals surface area contributed by atoms with Crippen molar-refractivity contribution in [3.8, 4) is 11.1 Å². The van der Waals surface area contributed by atoms with Gasteiger partial charge in [0.15, 0.2) is 6.29 Å². The van der Waals surface area contributed by atoms with E-state index in [1.165, 1.54) is 17.0 Å². The zero-order valence-electron chi connectivity index (χ0n) is 18.6. The van der Waals surface area contributed by atoms with Gasteiger partial charge in [-0.1, -0.05) is 54.6 Å². The number of rotatable bonds is 6. The molecule has 0 unspecified atom stereocenters. The molecular weight excluding hydrogens is 447 g/mol. The fourth-order valence-electron chi connectivity index (χ4n) is 4.60. The molecule has 0 spiro atoms. The van der Waals surface area contributed by atoms with Crippen molar-refractivity contribution in [2.24, 2.45) is 5.73 Å². The summed E-state index contributed by atoms with van der Waals surface area (Å²) in [6.07, 6.45) is 2.30. The molecule has 8 heteroatoms. The van der Waals surface area contributed by atoms with Crippen LogP contribution in [0.5, 0.6) is 0 Å². The molecule has 0 bridgehead atoms. The molecule has 7 nitrogen and oxygen atoms in total. The number of urea groups is 1. The van der Waals surface area contributed by atoms with Crippen molar-refractivity contribution in [3.05, 3.63) is 102 Å². The van der Waals surface area contributed by atoms with Crippen LogP contribution in [0.1, 0.15) is 21.5 Å². The highest BCUT2D eigenvalue weighted by Gasteiger charge is 2.40. The smallest absolute Gasteiger partial charge is 0.313 e. The summed E-state index contributed by atoms with van der Waals surface area (Å²) < 4.78 is 13.7. The van der Waals surface area contributed by atoms with E-state index < -0.39 is 23.3 Å². The maximum Gasteiger partial charge on any atom is 0.313 e. The number of nitrogens with one attached hydrogen (secondary N) is 1. The number of hydrogen-bond acceptors (Lipinski definition) is 4. The van der Waals surface area contributed by atoms with E-state index in [2.05, 4.69) is 10.3 Å². The summed E-state index contributed by atoms with van der Waals surface area (Å²) in [5.41, 5.74) is 7.80. The Bertz CT molecular complexity index is 1470. The predicted octanol–water partition coefficient (Wildman–Crippen LogP) is 3.76. The Morgan fingerprint density at radius 2 is 1.86 bits per heavy atom. The van der Waals surface area contributed by atoms with E-state index in [9.17, 15) is 18.8 Å². The molecule has 1 aliphatic heterocycles. The van der Waals surface area contributed by atoms with Crippen LogP contribution < -0.4 is 11.1 Å². The Morgan fingerprint density at radius 3 is 2.60 bits per heavy atom. The highest BCUT2D eigenvalue weighted by Crippen LogP contribution is 2.31. The van der Waals surface area contributed by atoms with E-state index in [-0.39, 0.29) is 18.7 Å². The van der Waals surface area contributed by atoms with Crippen LogP contribution in [0.2, 0.25) is 0 Å². The normalized spacial score (nSPS) is 14.4. The summed E-state index contributed by atoms with van der Waals surface area (Å²) in [4.78, 5) is 43.1. The third-order valence-corrected chi connectivity index (χ3v) is 6.28. The summed E-state index contributed by atoms with van der Waals surface area (Å²) in [6.45, 7) is 0.0218. The number of nitrogens with zero attached hydrogens (tertiary/aromatic N) is 2. The van der Waals surface area contributed by atoms with Gasteiger partial charge in [0, 0.05) is 29.3 Å². The van der Waals surface area contributed by atoms with Crippen LogP contribution in [-0.4, -0.2) is 34.7 Å². The van der Waals surface area contributed by atoms with Crippen LogP contribution >= 0.6 is 0 Å². The zero-order valence-corrected chi connectivity index (χ0v) is 18.6. The highest BCUT2D eigenvalue weighted by molar-refractivity contribution is 5.99. The summed E-state index contributed by atoms with van der Waals surface area (Å²) in [5, 5.41) is 3.52. The molecule has 5 rings (SSSR count). The molecule has 2 heterocycles. The number of carbonyl (C=O) groups is 3. The van der Waals surface area contributed by atoms with Gasteiger partial charge >= 0.3 is 6.03 Å². The number of halogens is 1. The molecule has 35 heavy (non-hydrogen) atoms. The average Bonchev–Trinajstić information content (AvgIpc) is 3.17. The summed E-state index contributed by atoms with van der Waals surface area (Å²) in [6, 6.07) is 19.9. The van der Waals surface area contributed by atoms with Gasteiger partial charge in [-0.25, -0.2) is 9.18 Å². The van der Waals surface area contributed by atoms with Crippen LogP contribution in [0.4, 0.5) is 9.18 Å². The predicted molar refractivity (Wildman–Crippen MR) is 129 cm³/mol. The first-order valence-corrected chi connectivity index (χ1v) is 11.0. The van der Waals surface area contributed by atoms with Crippen LogP contribution in [0, 0.1) is 5.82 Å². The van der Waals surface area contributed by atoms with E-state index in [0.717, 1.165) is 22.0 Å². The van der Waals surface area contributed by atoms with Gasteiger partial charge in [0.2, 0.25) is 0 Å². The fourth-order valence-corrected chi connectivity index (χ4v) is 4.60. The number of hydrogen-bond donors (Lipinski definition) is 2. The standard InChI is InChI=1S/C27H21FN4O3/c28-21-11-8-19-14-32(25(34)23(19)13-21)15-27(16-33,31-26(29)35)20-9-6-17(7-10-20)22-5-1-3-18-4-2-12-30-24(18)22/h1-13,16H,14-15H2,(H3,29,31,35)/t27-/m1/s1. The second-order valence-corrected chi connectivity index (χ2v) is 8.50. The molecule has 3 amide bonds. The van der Waals surface area contributed by atoms with Crippen LogP contribution in [0.15, 0.2) is 79.0 Å². The largest absolute Gasteiger partial charge is 0.352 e. The Morgan fingerprint density at radius 1 is 1.09 bits per heavy atom. The number of carbonyl (C=O) groups excluding carboxylic acids is 3. The number of aldehydes is 1. The van der Waals surface area contributed by atoms with E-state index in [0.29, 0.717) is 17.4 Å². The summed E-state index contributed by atoms with van der Waals surface area (Å²) in [5.74, 6) is -0.940. The minimum absolute atomic E-state index is 0.163. The van der Waals surface area contributed by atoms with Crippen molar-refractivity contribution in [2.45, 2.75) is 12.1 Å². The van der Waals surface area contributed by atoms with Crippen molar-refractivity contribution in [1.29, 1.82) is 0 Å². The maximum atomic E-state index is 13.7. The third kappa shape index (κ3) is 3.99. The molecule has 4 aromatic rings. The molecule has 0 fully saturated rings. The number of aromatic nitrogens is 1. The molecule has 1 aromatic heterocycles. The topological polar surface area (TPSA) is 105 Å². The Labute approximate surface area is 200 Å². The molecule has 1 atom stereocenters. The molecule has 0 aliphatic carbocycles. The number of para-hydroxylation sites is 1. The lowest BCUT2D eigenvalue weighted by atomic mass is 9.89. The van der Waals surface area contributed by atoms with Gasteiger partial charge in [0.25, 0.3) is 5.91 Å². The maximum absolute atomic E-state index is 13.7. The average molecular weight is 468 g/mol. The van der Waals surface area contributed by atoms with Gasteiger partial charge < -0.3 is 20.7 Å². The van der Waals surface area contributed by atoms with E-state index >= 15 is 0 Å². The van der Waals surface area contributed by atoms with Crippen molar-refractivity contribution in [2.75, 3.05) is 6.54 Å². The number of nitrogens with two attached hydrogens (primary N) is 1. The first-order valence-electron chi connectivity index (χ1n) is 11.0. The SMILES string of the molecule is NC(=O)N[C@@](C=O)(CN1Cc2ccc(F)cc2C1=O)c1ccc(-c2cccc3cccnc23)cc1. The minimum Gasteiger partial charge on any atom is -0.352 e. The Kier molecular flexibility index (Phi) is 5.49. The lowest BCUT2D eigenvalue weighted by molar-refractivity contribution is -0.113. The van der Waals surface area contributed by atoms with Gasteiger partial charge in [0.1, 0.15) is 11.4 Å². The molecule has 0 radical (unpaired) electrons. The van der Waals surface area contributed by atoms with Gasteiger partial charge in [-0.15, -0.1) is 0 Å². The Hall–Kier alpha value is -4.59. The van der Waals surface area contributed by atoms with Crippen molar-refractivity contribution in [3.63, 3.8) is 0 Å². The van der Waals surface area contributed by atoms with Gasteiger partial charge in [-0.05, 0) is 34.9 Å². The minimum atomic E-state index is -1.59. The molecule has 3 aromatic carbocycles. The number of pyridine rings is 1. The first-order chi connectivity index (χ1) is 16.9. The van der Waals surface area contributed by atoms with Crippen LogP contribution in [0.25, 0.3) is 22.0 Å². The molecule has 0 saturated carbocycles. The fraction of sp³-hybridized carbons (Fsp3) is 0.111. The summed E-state index contributed by atoms with van der Waals surface area (Å²) in [7, 11) is 0. The van der Waals surface area contributed by atoms with Gasteiger partial charge in [0.05, 0.1) is 12.1 Å². The van der Waals surface area contributed by atoms with Crippen LogP contribution in [-0.2, 0) is 16.9 Å². The van der Waals surface area contributed by atoms with Gasteiger partial charge in [-0.3, -0.25) is 9.78 Å². The zero-order chi connectivity index (χ0) is 24.6. The molecule has 3 N–H and O–H groups in total. The van der Waals surface area contributed by atoms with E-state index in [1.54, 1.807) is 24.4 Å². The number of benzene rings is 3. The van der Waals surface area contributed by atoms with Crippen LogP contribution in [0.3, 0.4) is 0 Å². The highest BCUT2D eigenvalue weighted by atomic mass is 19.1. The quantitative estimate of drug-likeness (QED) is 0.420. The second kappa shape index (κ2) is 8.64. The molecule has 1 aliphatic rings.